The van der Waals surface area contributed by atoms with Crippen molar-refractivity contribution in [3.8, 4) is 0 Å². The van der Waals surface area contributed by atoms with Gasteiger partial charge in [-0.15, -0.1) is 0 Å². The summed E-state index contributed by atoms with van der Waals surface area (Å²) in [6.45, 7) is 12.4. The Hall–Kier alpha value is -1.61. The smallest absolute Gasteiger partial charge is 0.338 e. The molecular formula is C34H48O3. The van der Waals surface area contributed by atoms with Gasteiger partial charge in [0.25, 0.3) is 0 Å². The molecule has 0 aromatic heterocycles. The van der Waals surface area contributed by atoms with E-state index in [9.17, 15) is 4.79 Å². The second-order valence-corrected chi connectivity index (χ2v) is 14.3. The first-order chi connectivity index (χ1) is 17.7. The Morgan fingerprint density at radius 2 is 1.84 bits per heavy atom. The number of benzene rings is 1. The molecule has 1 saturated heterocycles. The van der Waals surface area contributed by atoms with E-state index in [2.05, 4.69) is 40.7 Å². The lowest BCUT2D eigenvalue weighted by Gasteiger charge is -2.58. The van der Waals surface area contributed by atoms with Gasteiger partial charge in [-0.2, -0.15) is 0 Å². The third-order valence-electron chi connectivity index (χ3n) is 11.9. The molecule has 1 aromatic rings. The molecule has 37 heavy (non-hydrogen) atoms. The maximum Gasteiger partial charge on any atom is 0.338 e. The van der Waals surface area contributed by atoms with Crippen LogP contribution >= 0.6 is 0 Å². The first-order valence-corrected chi connectivity index (χ1v) is 15.3. The highest BCUT2D eigenvalue weighted by Crippen LogP contribution is 2.76. The highest BCUT2D eigenvalue weighted by Gasteiger charge is 2.79. The average molecular weight is 505 g/mol. The number of fused-ring (bicyclic) bond motifs is 3. The normalized spacial score (nSPS) is 42.6. The molecule has 0 unspecified atom stereocenters. The van der Waals surface area contributed by atoms with E-state index in [0.717, 1.165) is 43.4 Å². The Morgan fingerprint density at radius 1 is 1.05 bits per heavy atom. The van der Waals surface area contributed by atoms with Crippen molar-refractivity contribution in [1.29, 1.82) is 0 Å². The van der Waals surface area contributed by atoms with Crippen LogP contribution in [0.15, 0.2) is 42.0 Å². The average Bonchev–Trinajstić information content (AvgIpc) is 3.54. The summed E-state index contributed by atoms with van der Waals surface area (Å²) in [5.74, 6) is 3.44. The summed E-state index contributed by atoms with van der Waals surface area (Å²) in [5, 5.41) is 0. The van der Waals surface area contributed by atoms with E-state index in [-0.39, 0.29) is 17.7 Å². The minimum Gasteiger partial charge on any atom is -0.459 e. The van der Waals surface area contributed by atoms with E-state index >= 15 is 0 Å². The van der Waals surface area contributed by atoms with Gasteiger partial charge in [0.05, 0.1) is 11.7 Å². The quantitative estimate of drug-likeness (QED) is 0.213. The van der Waals surface area contributed by atoms with Crippen molar-refractivity contribution < 1.29 is 14.3 Å². The standard InChI is InChI=1S/C34H48O3/c1-22(2)10-9-11-23(3)29-21-30-34(37-30)28-15-14-25-20-26(36-31(35)24-12-7-6-8-13-24)16-18-32(25,4)27(28)17-19-33(29,34)5/h6-8,12-13,15,22-23,25-27,29-30H,9-11,14,16-21H2,1-5H3/t23-,25+,26+,27+,29-,30-,32-,33+,34+/m0/s1. The molecular weight excluding hydrogens is 456 g/mol. The number of allylic oxidation sites excluding steroid dienone is 1. The summed E-state index contributed by atoms with van der Waals surface area (Å²) in [4.78, 5) is 12.7. The van der Waals surface area contributed by atoms with E-state index in [1.807, 2.05) is 30.3 Å². The predicted octanol–water partition coefficient (Wildman–Crippen LogP) is 8.38. The van der Waals surface area contributed by atoms with Gasteiger partial charge in [-0.3, -0.25) is 0 Å². The monoisotopic (exact) mass is 504 g/mol. The number of esters is 1. The Balaban J connectivity index is 1.17. The van der Waals surface area contributed by atoms with Crippen molar-refractivity contribution in [2.24, 2.45) is 40.4 Å². The zero-order valence-electron chi connectivity index (χ0n) is 23.8. The summed E-state index contributed by atoms with van der Waals surface area (Å²) >= 11 is 0. The lowest BCUT2D eigenvalue weighted by Crippen LogP contribution is -2.54. The molecule has 4 fully saturated rings. The van der Waals surface area contributed by atoms with Crippen LogP contribution in [0.2, 0.25) is 0 Å². The maximum absolute atomic E-state index is 12.7. The number of hydrogen-bond acceptors (Lipinski definition) is 3. The number of rotatable bonds is 7. The number of epoxide rings is 1. The third-order valence-corrected chi connectivity index (χ3v) is 11.9. The van der Waals surface area contributed by atoms with Crippen LogP contribution in [0, 0.1) is 40.4 Å². The Morgan fingerprint density at radius 3 is 2.59 bits per heavy atom. The zero-order chi connectivity index (χ0) is 26.0. The Bertz CT molecular complexity index is 1040. The van der Waals surface area contributed by atoms with Crippen molar-refractivity contribution in [2.75, 3.05) is 0 Å². The number of hydrogen-bond donors (Lipinski definition) is 0. The van der Waals surface area contributed by atoms with E-state index < -0.39 is 0 Å². The highest BCUT2D eigenvalue weighted by molar-refractivity contribution is 5.89. The van der Waals surface area contributed by atoms with Crippen molar-refractivity contribution in [1.82, 2.24) is 0 Å². The van der Waals surface area contributed by atoms with Crippen LogP contribution in [0.5, 0.6) is 0 Å². The number of carbonyl (C=O) groups excluding carboxylic acids is 1. The first-order valence-electron chi connectivity index (χ1n) is 15.3. The molecule has 6 rings (SSSR count). The van der Waals surface area contributed by atoms with Crippen LogP contribution in [0.1, 0.15) is 109 Å². The van der Waals surface area contributed by atoms with Crippen molar-refractivity contribution in [3.05, 3.63) is 47.5 Å². The molecule has 4 aliphatic carbocycles. The van der Waals surface area contributed by atoms with Crippen LogP contribution in [0.4, 0.5) is 0 Å². The topological polar surface area (TPSA) is 38.8 Å². The highest BCUT2D eigenvalue weighted by atomic mass is 16.6. The molecule has 1 heterocycles. The molecule has 1 spiro atoms. The molecule has 3 heteroatoms. The van der Waals surface area contributed by atoms with Gasteiger partial charge in [-0.25, -0.2) is 4.79 Å². The molecule has 0 N–H and O–H groups in total. The van der Waals surface area contributed by atoms with Gasteiger partial charge in [-0.1, -0.05) is 78.2 Å². The molecule has 5 aliphatic rings. The molecule has 1 aromatic carbocycles. The van der Waals surface area contributed by atoms with E-state index in [0.29, 0.717) is 34.3 Å². The van der Waals surface area contributed by atoms with Gasteiger partial charge >= 0.3 is 5.97 Å². The predicted molar refractivity (Wildman–Crippen MR) is 148 cm³/mol. The molecule has 0 amide bonds. The van der Waals surface area contributed by atoms with Gasteiger partial charge in [0.2, 0.25) is 0 Å². The maximum atomic E-state index is 12.7. The fourth-order valence-electron chi connectivity index (χ4n) is 9.75. The molecule has 9 atom stereocenters. The lowest BCUT2D eigenvalue weighted by molar-refractivity contribution is -0.0665. The lowest BCUT2D eigenvalue weighted by atomic mass is 9.47. The van der Waals surface area contributed by atoms with E-state index in [1.54, 1.807) is 5.57 Å². The minimum absolute atomic E-state index is 0.0253. The fourth-order valence-corrected chi connectivity index (χ4v) is 9.75. The van der Waals surface area contributed by atoms with Gasteiger partial charge in [0.1, 0.15) is 11.7 Å². The Kier molecular flexibility index (Phi) is 6.41. The third kappa shape index (κ3) is 3.97. The van der Waals surface area contributed by atoms with Gasteiger partial charge in [0.15, 0.2) is 0 Å². The number of carbonyl (C=O) groups is 1. The molecule has 0 radical (unpaired) electrons. The second kappa shape index (κ2) is 9.25. The molecule has 1 aliphatic heterocycles. The van der Waals surface area contributed by atoms with E-state index in [4.69, 9.17) is 9.47 Å². The van der Waals surface area contributed by atoms with Gasteiger partial charge < -0.3 is 9.47 Å². The van der Waals surface area contributed by atoms with Crippen molar-refractivity contribution in [3.63, 3.8) is 0 Å². The van der Waals surface area contributed by atoms with Crippen LogP contribution < -0.4 is 0 Å². The van der Waals surface area contributed by atoms with Gasteiger partial charge in [0, 0.05) is 5.41 Å². The van der Waals surface area contributed by atoms with Crippen LogP contribution in [-0.4, -0.2) is 23.8 Å². The first kappa shape index (κ1) is 25.7. The summed E-state index contributed by atoms with van der Waals surface area (Å²) in [7, 11) is 0. The summed E-state index contributed by atoms with van der Waals surface area (Å²) < 4.78 is 12.8. The van der Waals surface area contributed by atoms with E-state index in [1.165, 1.54) is 38.5 Å². The van der Waals surface area contributed by atoms with Crippen LogP contribution in [0.25, 0.3) is 0 Å². The molecule has 202 valence electrons. The zero-order valence-corrected chi connectivity index (χ0v) is 23.8. The Labute approximate surface area is 224 Å². The molecule has 3 nitrogen and oxygen atoms in total. The molecule has 3 saturated carbocycles. The summed E-state index contributed by atoms with van der Waals surface area (Å²) in [6.07, 6.45) is 15.3. The van der Waals surface area contributed by atoms with Crippen LogP contribution in [0.3, 0.4) is 0 Å². The molecule has 0 bridgehead atoms. The van der Waals surface area contributed by atoms with Gasteiger partial charge in [-0.05, 0) is 97.7 Å². The SMILES string of the molecule is CC(C)CCC[C@H](C)[C@@H]1C[C@@H]2O[C@]23C2=CC[C@@H]4C[C@H](OC(=O)c5ccccc5)CC[C@]4(C)[C@@H]2CC[C@]13C. The minimum atomic E-state index is -0.165. The summed E-state index contributed by atoms with van der Waals surface area (Å²) in [6, 6.07) is 9.47. The second-order valence-electron chi connectivity index (χ2n) is 14.3. The summed E-state index contributed by atoms with van der Waals surface area (Å²) in [5.41, 5.74) is 2.97. The number of ether oxygens (including phenoxy) is 2. The van der Waals surface area contributed by atoms with Crippen LogP contribution in [-0.2, 0) is 9.47 Å². The largest absolute Gasteiger partial charge is 0.459 e. The van der Waals surface area contributed by atoms with Crippen molar-refractivity contribution in [2.45, 2.75) is 117 Å². The fraction of sp³-hybridized carbons (Fsp3) is 0.735. The van der Waals surface area contributed by atoms with Crippen molar-refractivity contribution >= 4 is 5.97 Å².